The average Bonchev–Trinajstić information content (AvgIpc) is 2.66. The topological polar surface area (TPSA) is 15.3 Å². The largest absolute Gasteiger partial charge is 0.416 e. The Morgan fingerprint density at radius 3 is 2.10 bits per heavy atom. The normalized spacial score (nSPS) is 11.9. The van der Waals surface area contributed by atoms with Crippen LogP contribution in [0.15, 0.2) is 71.8 Å². The van der Waals surface area contributed by atoms with Gasteiger partial charge in [-0.3, -0.25) is 10.4 Å². The minimum absolute atomic E-state index is 0.542. The third kappa shape index (κ3) is 7.68. The van der Waals surface area contributed by atoms with E-state index in [2.05, 4.69) is 38.3 Å². The summed E-state index contributed by atoms with van der Waals surface area (Å²) in [7, 11) is 0. The van der Waals surface area contributed by atoms with Crippen LogP contribution in [0.5, 0.6) is 0 Å². The Morgan fingerprint density at radius 2 is 1.55 bits per heavy atom. The molecule has 0 bridgehead atoms. The summed E-state index contributed by atoms with van der Waals surface area (Å²) in [5, 5.41) is 1.86. The van der Waals surface area contributed by atoms with Gasteiger partial charge < -0.3 is 0 Å². The van der Waals surface area contributed by atoms with Gasteiger partial charge in [-0.1, -0.05) is 41.0 Å². The number of hydrogen-bond acceptors (Lipinski definition) is 2. The lowest BCUT2D eigenvalue weighted by Gasteiger charge is -2.26. The lowest BCUT2D eigenvalue weighted by molar-refractivity contribution is -0.137. The summed E-state index contributed by atoms with van der Waals surface area (Å²) in [5.74, 6) is 0. The van der Waals surface area contributed by atoms with Gasteiger partial charge in [0.15, 0.2) is 0 Å². The van der Waals surface area contributed by atoms with Gasteiger partial charge in [0.05, 0.1) is 23.5 Å². The molecule has 0 aromatic heterocycles. The highest BCUT2D eigenvalue weighted by Gasteiger charge is 2.30. The molecule has 2 rings (SSSR count). The molecule has 0 unspecified atom stereocenters. The fourth-order valence-corrected chi connectivity index (χ4v) is 2.77. The fraction of sp³-hybridized carbons (Fsp3) is 0.333. The Balaban J connectivity index is 2.18. The molecule has 0 saturated heterocycles. The molecule has 0 saturated carbocycles. The van der Waals surface area contributed by atoms with Crippen LogP contribution in [-0.2, 0) is 6.18 Å². The van der Waals surface area contributed by atoms with Gasteiger partial charge in [0, 0.05) is 0 Å². The maximum absolute atomic E-state index is 12.9. The van der Waals surface area contributed by atoms with Crippen LogP contribution in [0.2, 0.25) is 0 Å². The van der Waals surface area contributed by atoms with E-state index in [0.29, 0.717) is 12.2 Å². The highest BCUT2D eigenvalue weighted by atomic mass is 19.4. The Labute approximate surface area is 171 Å². The van der Waals surface area contributed by atoms with Gasteiger partial charge in [-0.25, -0.2) is 0 Å². The van der Waals surface area contributed by atoms with Crippen LogP contribution in [0.4, 0.5) is 24.5 Å². The average molecular weight is 403 g/mol. The number of alkyl halides is 3. The summed E-state index contributed by atoms with van der Waals surface area (Å²) >= 11 is 0. The third-order valence-corrected chi connectivity index (χ3v) is 4.54. The predicted octanol–water partition coefficient (Wildman–Crippen LogP) is 7.54. The molecule has 1 N–H and O–H groups in total. The van der Waals surface area contributed by atoms with Crippen molar-refractivity contribution in [1.29, 1.82) is 0 Å². The molecule has 0 aliphatic carbocycles. The number of hydrazine groups is 1. The van der Waals surface area contributed by atoms with E-state index in [1.165, 1.54) is 23.3 Å². The second-order valence-corrected chi connectivity index (χ2v) is 7.50. The number of nitrogens with one attached hydrogen (secondary N) is 1. The number of halogens is 3. The standard InChI is InChI=1S/C24H29F3N2/c1-18(2)6-5-7-19(3)16-17-29(28-22-12-8-20(4)9-13-22)23-14-10-21(11-15-23)24(25,26)27/h6,8-16,28H,5,7,17H2,1-4H3/b19-16+. The molecular formula is C24H29F3N2. The van der Waals surface area contributed by atoms with Crippen molar-refractivity contribution in [1.82, 2.24) is 0 Å². The van der Waals surface area contributed by atoms with Gasteiger partial charge in [-0.2, -0.15) is 13.2 Å². The van der Waals surface area contributed by atoms with Crippen LogP contribution in [0.25, 0.3) is 0 Å². The number of aryl methyl sites for hydroxylation is 1. The van der Waals surface area contributed by atoms with Crippen LogP contribution < -0.4 is 10.4 Å². The second kappa shape index (κ2) is 10.2. The highest BCUT2D eigenvalue weighted by Crippen LogP contribution is 2.30. The lowest BCUT2D eigenvalue weighted by atomic mass is 10.1. The number of anilines is 2. The Kier molecular flexibility index (Phi) is 7.94. The van der Waals surface area contributed by atoms with Crippen LogP contribution >= 0.6 is 0 Å². The number of nitrogens with zero attached hydrogens (tertiary/aromatic N) is 1. The Morgan fingerprint density at radius 1 is 0.931 bits per heavy atom. The number of allylic oxidation sites excluding steroid dienone is 3. The van der Waals surface area contributed by atoms with E-state index in [0.717, 1.165) is 36.2 Å². The quantitative estimate of drug-likeness (QED) is 0.362. The number of benzene rings is 2. The van der Waals surface area contributed by atoms with Crippen molar-refractivity contribution in [3.63, 3.8) is 0 Å². The first-order valence-corrected chi connectivity index (χ1v) is 9.72. The molecule has 2 aromatic carbocycles. The monoisotopic (exact) mass is 402 g/mol. The maximum Gasteiger partial charge on any atom is 0.416 e. The molecule has 29 heavy (non-hydrogen) atoms. The zero-order chi connectivity index (χ0) is 21.4. The van der Waals surface area contributed by atoms with E-state index in [1.54, 1.807) is 0 Å². The predicted molar refractivity (Wildman–Crippen MR) is 116 cm³/mol. The van der Waals surface area contributed by atoms with E-state index >= 15 is 0 Å². The minimum Gasteiger partial charge on any atom is -0.298 e. The van der Waals surface area contributed by atoms with Gasteiger partial charge in [-0.05, 0) is 76.9 Å². The molecule has 0 radical (unpaired) electrons. The Hall–Kier alpha value is -2.69. The van der Waals surface area contributed by atoms with Crippen LogP contribution in [0.3, 0.4) is 0 Å². The molecule has 0 atom stereocenters. The molecule has 0 aliphatic rings. The summed E-state index contributed by atoms with van der Waals surface area (Å²) in [5.41, 5.74) is 7.89. The Bertz CT molecular complexity index is 828. The van der Waals surface area contributed by atoms with Crippen molar-refractivity contribution in [2.45, 2.75) is 46.7 Å². The zero-order valence-corrected chi connectivity index (χ0v) is 17.5. The van der Waals surface area contributed by atoms with Gasteiger partial charge in [0.1, 0.15) is 0 Å². The van der Waals surface area contributed by atoms with E-state index in [4.69, 9.17) is 0 Å². The van der Waals surface area contributed by atoms with E-state index in [9.17, 15) is 13.2 Å². The smallest absolute Gasteiger partial charge is 0.298 e. The molecule has 0 fully saturated rings. The molecular weight excluding hydrogens is 373 g/mol. The summed E-state index contributed by atoms with van der Waals surface area (Å²) in [4.78, 5) is 0. The van der Waals surface area contributed by atoms with Crippen molar-refractivity contribution in [2.75, 3.05) is 17.0 Å². The lowest BCUT2D eigenvalue weighted by Crippen LogP contribution is -2.30. The van der Waals surface area contributed by atoms with E-state index in [1.807, 2.05) is 36.2 Å². The summed E-state index contributed by atoms with van der Waals surface area (Å²) in [6.45, 7) is 8.79. The van der Waals surface area contributed by atoms with Gasteiger partial charge in [-0.15, -0.1) is 0 Å². The first-order chi connectivity index (χ1) is 13.6. The molecule has 0 spiro atoms. The maximum atomic E-state index is 12.9. The molecule has 0 heterocycles. The highest BCUT2D eigenvalue weighted by molar-refractivity contribution is 5.56. The molecule has 0 aliphatic heterocycles. The first-order valence-electron chi connectivity index (χ1n) is 9.72. The molecule has 156 valence electrons. The summed E-state index contributed by atoms with van der Waals surface area (Å²) in [6, 6.07) is 13.1. The zero-order valence-electron chi connectivity index (χ0n) is 17.5. The van der Waals surface area contributed by atoms with Gasteiger partial charge >= 0.3 is 6.18 Å². The first kappa shape index (κ1) is 22.6. The number of hydrogen-bond donors (Lipinski definition) is 1. The molecule has 0 amide bonds. The second-order valence-electron chi connectivity index (χ2n) is 7.50. The van der Waals surface area contributed by atoms with Gasteiger partial charge in [0.25, 0.3) is 0 Å². The SMILES string of the molecule is CC(C)=CCC/C(C)=C/CN(Nc1ccc(C)cc1)c1ccc(C(F)(F)F)cc1. The minimum atomic E-state index is -4.34. The van der Waals surface area contributed by atoms with Crippen molar-refractivity contribution in [3.05, 3.63) is 83.0 Å². The van der Waals surface area contributed by atoms with Crippen LogP contribution in [0.1, 0.15) is 44.7 Å². The van der Waals surface area contributed by atoms with Crippen molar-refractivity contribution < 1.29 is 13.2 Å². The molecule has 5 heteroatoms. The van der Waals surface area contributed by atoms with E-state index in [-0.39, 0.29) is 0 Å². The van der Waals surface area contributed by atoms with Crippen LogP contribution in [0, 0.1) is 6.92 Å². The van der Waals surface area contributed by atoms with Gasteiger partial charge in [0.2, 0.25) is 0 Å². The fourth-order valence-electron chi connectivity index (χ4n) is 2.77. The van der Waals surface area contributed by atoms with Crippen molar-refractivity contribution >= 4 is 11.4 Å². The van der Waals surface area contributed by atoms with Crippen molar-refractivity contribution in [3.8, 4) is 0 Å². The number of rotatable bonds is 8. The molecule has 2 nitrogen and oxygen atoms in total. The van der Waals surface area contributed by atoms with E-state index < -0.39 is 11.7 Å². The van der Waals surface area contributed by atoms with Crippen LogP contribution in [-0.4, -0.2) is 6.54 Å². The van der Waals surface area contributed by atoms with Crippen molar-refractivity contribution in [2.24, 2.45) is 0 Å². The molecule has 2 aromatic rings. The summed E-state index contributed by atoms with van der Waals surface area (Å²) in [6.07, 6.45) is 1.91. The third-order valence-electron chi connectivity index (χ3n) is 4.54. The summed E-state index contributed by atoms with van der Waals surface area (Å²) < 4.78 is 38.7.